The van der Waals surface area contributed by atoms with Crippen molar-refractivity contribution in [2.45, 2.75) is 6.92 Å². The summed E-state index contributed by atoms with van der Waals surface area (Å²) in [5.41, 5.74) is 0. The lowest BCUT2D eigenvalue weighted by molar-refractivity contribution is 0.372. The standard InChI is InChI=1S/C7H16N2S2/c1-2-8-3-4-9-5-10-7-11-6-9/h8H,2-7H2,1H3. The van der Waals surface area contributed by atoms with Crippen LogP contribution >= 0.6 is 23.5 Å². The average Bonchev–Trinajstić information content (AvgIpc) is 2.07. The summed E-state index contributed by atoms with van der Waals surface area (Å²) in [4.78, 5) is 2.49. The van der Waals surface area contributed by atoms with Gasteiger partial charge in [-0.1, -0.05) is 6.92 Å². The highest BCUT2D eigenvalue weighted by atomic mass is 32.2. The van der Waals surface area contributed by atoms with Crippen LogP contribution in [0.1, 0.15) is 6.92 Å². The number of nitrogens with one attached hydrogen (secondary N) is 1. The van der Waals surface area contributed by atoms with Gasteiger partial charge in [0.05, 0.1) is 0 Å². The van der Waals surface area contributed by atoms with Gasteiger partial charge < -0.3 is 5.32 Å². The van der Waals surface area contributed by atoms with Gasteiger partial charge in [-0.15, -0.1) is 23.5 Å². The van der Waals surface area contributed by atoms with Crippen LogP contribution in [-0.4, -0.2) is 41.4 Å². The molecule has 1 fully saturated rings. The molecule has 1 rings (SSSR count). The normalized spacial score (nSPS) is 20.5. The average molecular weight is 192 g/mol. The van der Waals surface area contributed by atoms with Crippen molar-refractivity contribution in [2.24, 2.45) is 0 Å². The van der Waals surface area contributed by atoms with Gasteiger partial charge in [0, 0.05) is 29.9 Å². The Labute approximate surface area is 77.5 Å². The number of hydrogen-bond acceptors (Lipinski definition) is 4. The summed E-state index contributed by atoms with van der Waals surface area (Å²) in [5.74, 6) is 2.44. The van der Waals surface area contributed by atoms with Crippen molar-refractivity contribution in [3.8, 4) is 0 Å². The molecule has 0 radical (unpaired) electrons. The third kappa shape index (κ3) is 4.25. The monoisotopic (exact) mass is 192 g/mol. The van der Waals surface area contributed by atoms with Crippen molar-refractivity contribution in [3.05, 3.63) is 0 Å². The first-order valence-electron chi connectivity index (χ1n) is 4.02. The maximum Gasteiger partial charge on any atom is 0.0461 e. The fourth-order valence-corrected chi connectivity index (χ4v) is 3.11. The van der Waals surface area contributed by atoms with Crippen LogP contribution in [0, 0.1) is 0 Å². The van der Waals surface area contributed by atoms with Gasteiger partial charge in [-0.2, -0.15) is 0 Å². The second-order valence-corrected chi connectivity index (χ2v) is 4.81. The summed E-state index contributed by atoms with van der Waals surface area (Å²) in [6, 6.07) is 0. The van der Waals surface area contributed by atoms with E-state index in [0.717, 1.165) is 13.1 Å². The molecule has 11 heavy (non-hydrogen) atoms. The van der Waals surface area contributed by atoms with Gasteiger partial charge in [0.1, 0.15) is 0 Å². The molecule has 0 amide bonds. The van der Waals surface area contributed by atoms with Crippen molar-refractivity contribution in [1.29, 1.82) is 0 Å². The molecule has 4 heteroatoms. The van der Waals surface area contributed by atoms with Crippen LogP contribution in [0.5, 0.6) is 0 Å². The third-order valence-electron chi connectivity index (χ3n) is 1.57. The van der Waals surface area contributed by atoms with E-state index >= 15 is 0 Å². The minimum Gasteiger partial charge on any atom is -0.316 e. The first kappa shape index (κ1) is 9.71. The molecule has 0 aromatic heterocycles. The maximum absolute atomic E-state index is 3.34. The second-order valence-electron chi connectivity index (χ2n) is 2.53. The lowest BCUT2D eigenvalue weighted by atomic mass is 10.5. The highest BCUT2D eigenvalue weighted by Gasteiger charge is 2.08. The van der Waals surface area contributed by atoms with Crippen LogP contribution in [0.3, 0.4) is 0 Å². The first-order valence-corrected chi connectivity index (χ1v) is 6.33. The molecule has 1 aliphatic rings. The summed E-state index contributed by atoms with van der Waals surface area (Å²) in [6.07, 6.45) is 0. The molecule has 1 aliphatic heterocycles. The molecule has 0 saturated carbocycles. The molecule has 0 atom stereocenters. The van der Waals surface area contributed by atoms with Crippen molar-refractivity contribution in [3.63, 3.8) is 0 Å². The fourth-order valence-electron chi connectivity index (χ4n) is 0.972. The first-order chi connectivity index (χ1) is 5.43. The Kier molecular flexibility index (Phi) is 5.45. The Morgan fingerprint density at radius 2 is 2.09 bits per heavy atom. The summed E-state index contributed by atoms with van der Waals surface area (Å²) in [5, 5.41) is 4.61. The van der Waals surface area contributed by atoms with Crippen LogP contribution in [0.25, 0.3) is 0 Å². The zero-order valence-electron chi connectivity index (χ0n) is 7.01. The van der Waals surface area contributed by atoms with Gasteiger partial charge in [0.15, 0.2) is 0 Å². The minimum absolute atomic E-state index is 1.09. The van der Waals surface area contributed by atoms with E-state index in [1.54, 1.807) is 0 Å². The Balaban J connectivity index is 1.96. The van der Waals surface area contributed by atoms with Crippen molar-refractivity contribution >= 4 is 23.5 Å². The number of thioether (sulfide) groups is 2. The largest absolute Gasteiger partial charge is 0.316 e. The van der Waals surface area contributed by atoms with Crippen LogP contribution in [-0.2, 0) is 0 Å². The predicted octanol–water partition coefficient (Wildman–Crippen LogP) is 1.25. The number of likely N-dealkylation sites (N-methyl/N-ethyl adjacent to an activating group) is 1. The van der Waals surface area contributed by atoms with Crippen LogP contribution < -0.4 is 5.32 Å². The molecular weight excluding hydrogens is 176 g/mol. The van der Waals surface area contributed by atoms with Gasteiger partial charge in [0.2, 0.25) is 0 Å². The number of nitrogens with zero attached hydrogens (tertiary/aromatic N) is 1. The molecule has 0 unspecified atom stereocenters. The zero-order valence-corrected chi connectivity index (χ0v) is 8.64. The molecule has 1 saturated heterocycles. The molecule has 2 nitrogen and oxygen atoms in total. The van der Waals surface area contributed by atoms with E-state index in [0.29, 0.717) is 0 Å². The third-order valence-corrected chi connectivity index (χ3v) is 4.00. The quantitative estimate of drug-likeness (QED) is 0.674. The molecule has 0 aromatic rings. The van der Waals surface area contributed by atoms with Crippen molar-refractivity contribution in [2.75, 3.05) is 36.5 Å². The predicted molar refractivity (Wildman–Crippen MR) is 55.0 cm³/mol. The SMILES string of the molecule is CCNCCN1CSCSC1. The number of hydrogen-bond donors (Lipinski definition) is 1. The van der Waals surface area contributed by atoms with Crippen molar-refractivity contribution < 1.29 is 0 Å². The van der Waals surface area contributed by atoms with Gasteiger partial charge in [0.25, 0.3) is 0 Å². The van der Waals surface area contributed by atoms with E-state index in [1.807, 2.05) is 23.5 Å². The van der Waals surface area contributed by atoms with Crippen molar-refractivity contribution in [1.82, 2.24) is 10.2 Å². The summed E-state index contributed by atoms with van der Waals surface area (Å²) in [6.45, 7) is 5.58. The molecule has 1 heterocycles. The molecule has 1 N–H and O–H groups in total. The molecule has 0 aromatic carbocycles. The van der Waals surface area contributed by atoms with E-state index in [9.17, 15) is 0 Å². The fraction of sp³-hybridized carbons (Fsp3) is 1.00. The van der Waals surface area contributed by atoms with E-state index in [4.69, 9.17) is 0 Å². The number of rotatable bonds is 4. The van der Waals surface area contributed by atoms with E-state index in [2.05, 4.69) is 17.1 Å². The summed E-state index contributed by atoms with van der Waals surface area (Å²) < 4.78 is 0. The van der Waals surface area contributed by atoms with E-state index in [1.165, 1.54) is 23.4 Å². The highest BCUT2D eigenvalue weighted by Crippen LogP contribution is 2.20. The summed E-state index contributed by atoms with van der Waals surface area (Å²) in [7, 11) is 0. The Morgan fingerprint density at radius 3 is 2.73 bits per heavy atom. The molecule has 66 valence electrons. The van der Waals surface area contributed by atoms with E-state index in [-0.39, 0.29) is 0 Å². The van der Waals surface area contributed by atoms with Crippen LogP contribution in [0.4, 0.5) is 0 Å². The lowest BCUT2D eigenvalue weighted by Gasteiger charge is -2.25. The van der Waals surface area contributed by atoms with Gasteiger partial charge in [-0.3, -0.25) is 4.90 Å². The molecule has 0 bridgehead atoms. The van der Waals surface area contributed by atoms with Gasteiger partial charge >= 0.3 is 0 Å². The van der Waals surface area contributed by atoms with Gasteiger partial charge in [-0.05, 0) is 6.54 Å². The topological polar surface area (TPSA) is 15.3 Å². The minimum atomic E-state index is 1.09. The zero-order chi connectivity index (χ0) is 7.94. The smallest absolute Gasteiger partial charge is 0.0461 e. The Bertz CT molecular complexity index is 94.4. The van der Waals surface area contributed by atoms with Crippen LogP contribution in [0.2, 0.25) is 0 Å². The Morgan fingerprint density at radius 1 is 1.36 bits per heavy atom. The van der Waals surface area contributed by atoms with E-state index < -0.39 is 0 Å². The van der Waals surface area contributed by atoms with Gasteiger partial charge in [-0.25, -0.2) is 0 Å². The molecule has 0 aliphatic carbocycles. The second kappa shape index (κ2) is 6.17. The Hall–Kier alpha value is 0.620. The molecule has 0 spiro atoms. The summed E-state index contributed by atoms with van der Waals surface area (Å²) >= 11 is 4.04. The lowest BCUT2D eigenvalue weighted by Crippen LogP contribution is -2.33. The maximum atomic E-state index is 3.34. The highest BCUT2D eigenvalue weighted by molar-refractivity contribution is 8.16. The molecular formula is C7H16N2S2. The van der Waals surface area contributed by atoms with Crippen LogP contribution in [0.15, 0.2) is 0 Å².